The Morgan fingerprint density at radius 1 is 1.00 bits per heavy atom. The van der Waals surface area contributed by atoms with Gasteiger partial charge in [0, 0.05) is 34.4 Å². The van der Waals surface area contributed by atoms with Crippen LogP contribution in [0.25, 0.3) is 0 Å². The number of rotatable bonds is 0. The average molecular weight is 138 g/mol. The number of hydrogen-bond donors (Lipinski definition) is 0. The normalized spacial score (nSPS) is 0. The van der Waals surface area contributed by atoms with Crippen LogP contribution in [0.3, 0.4) is 0 Å². The Kier molecular flexibility index (Phi) is 557. The van der Waals surface area contributed by atoms with E-state index < -0.39 is 0 Å². The third-order valence-electron chi connectivity index (χ3n) is 0. The molecule has 0 nitrogen and oxygen atoms in total. The topological polar surface area (TPSA) is 0 Å². The van der Waals surface area contributed by atoms with Crippen molar-refractivity contribution in [2.24, 2.45) is 0 Å². The molecule has 0 aromatic rings. The van der Waals surface area contributed by atoms with Crippen LogP contribution in [-0.4, -0.2) is 8.41 Å². The van der Waals surface area contributed by atoms with E-state index in [9.17, 15) is 0 Å². The maximum absolute atomic E-state index is 0. The first kappa shape index (κ1) is 69.5. The summed E-state index contributed by atoms with van der Waals surface area (Å²) < 4.78 is 0. The van der Waals surface area contributed by atoms with Crippen LogP contribution >= 0.6 is 0 Å². The smallest absolute Gasteiger partial charge is 0.0776 e. The maximum atomic E-state index is 0. The summed E-state index contributed by atoms with van der Waals surface area (Å²) in [6, 6.07) is 0. The van der Waals surface area contributed by atoms with Gasteiger partial charge in [-0.25, -0.2) is 0 Å². The van der Waals surface area contributed by atoms with Crippen molar-refractivity contribution in [3.8, 4) is 0 Å². The third kappa shape index (κ3) is 11.2. The van der Waals surface area contributed by atoms with Crippen LogP contribution in [0.5, 0.6) is 0 Å². The van der Waals surface area contributed by atoms with Crippen molar-refractivity contribution in [2.45, 2.75) is 7.43 Å². The number of hydrogen-bond acceptors (Lipinski definition) is 0. The van der Waals surface area contributed by atoms with E-state index in [1.807, 2.05) is 0 Å². The van der Waals surface area contributed by atoms with Crippen molar-refractivity contribution >= 4 is 8.41 Å². The van der Waals surface area contributed by atoms with Crippen molar-refractivity contribution in [1.29, 1.82) is 0 Å². The molecule has 0 saturated carbocycles. The SMILES string of the molecule is B.C.[Cr].[Fe]. The van der Waals surface area contributed by atoms with Gasteiger partial charge in [-0.05, 0) is 0 Å². The molecule has 4 heavy (non-hydrogen) atoms. The molecule has 0 aromatic carbocycles. The van der Waals surface area contributed by atoms with E-state index in [-0.39, 0.29) is 50.3 Å². The zero-order valence-corrected chi connectivity index (χ0v) is 3.14. The van der Waals surface area contributed by atoms with Gasteiger partial charge in [0.25, 0.3) is 0 Å². The summed E-state index contributed by atoms with van der Waals surface area (Å²) in [5.74, 6) is 0. The standard InChI is InChI=1S/CH4.BH3.Cr.Fe/h1H4;1H3;;. The Labute approximate surface area is 50.5 Å². The van der Waals surface area contributed by atoms with Gasteiger partial charge in [-0.15, -0.1) is 0 Å². The van der Waals surface area contributed by atoms with Crippen LogP contribution in [0.4, 0.5) is 0 Å². The van der Waals surface area contributed by atoms with Crippen molar-refractivity contribution < 1.29 is 34.4 Å². The Balaban J connectivity index is 0. The van der Waals surface area contributed by atoms with Gasteiger partial charge >= 0.3 is 0 Å². The van der Waals surface area contributed by atoms with Crippen LogP contribution in [0.2, 0.25) is 0 Å². The largest absolute Gasteiger partial charge is 0.0814 e. The van der Waals surface area contributed by atoms with Gasteiger partial charge in [0.1, 0.15) is 0 Å². The molecule has 0 aliphatic heterocycles. The van der Waals surface area contributed by atoms with Gasteiger partial charge in [0.05, 0.1) is 8.41 Å². The Morgan fingerprint density at radius 3 is 1.00 bits per heavy atom. The predicted octanol–water partition coefficient (Wildman–Crippen LogP) is -0.553. The molecule has 0 heterocycles. The molecule has 0 bridgehead atoms. The summed E-state index contributed by atoms with van der Waals surface area (Å²) in [5.41, 5.74) is 0. The summed E-state index contributed by atoms with van der Waals surface area (Å²) in [4.78, 5) is 0. The maximum Gasteiger partial charge on any atom is 0.0814 e. The first-order chi connectivity index (χ1) is 0. The molecule has 0 amide bonds. The van der Waals surface area contributed by atoms with Crippen LogP contribution in [-0.2, 0) is 34.4 Å². The first-order valence-corrected chi connectivity index (χ1v) is 0. The van der Waals surface area contributed by atoms with Crippen molar-refractivity contribution in [1.82, 2.24) is 0 Å². The van der Waals surface area contributed by atoms with E-state index >= 15 is 0 Å². The quantitative estimate of drug-likeness (QED) is 0.393. The monoisotopic (exact) mass is 138 g/mol. The summed E-state index contributed by atoms with van der Waals surface area (Å²) in [7, 11) is 0. The summed E-state index contributed by atoms with van der Waals surface area (Å²) in [6.45, 7) is 0. The van der Waals surface area contributed by atoms with Gasteiger partial charge < -0.3 is 0 Å². The van der Waals surface area contributed by atoms with Gasteiger partial charge in [0.2, 0.25) is 0 Å². The van der Waals surface area contributed by atoms with E-state index in [2.05, 4.69) is 0 Å². The fraction of sp³-hybridized carbons (Fsp3) is 1.00. The molecular weight excluding hydrogens is 131 g/mol. The van der Waals surface area contributed by atoms with Crippen LogP contribution in [0, 0.1) is 0 Å². The van der Waals surface area contributed by atoms with E-state index in [1.54, 1.807) is 0 Å². The second-order valence-corrected chi connectivity index (χ2v) is 0. The Hall–Kier alpha value is 1.12. The molecule has 0 aromatic heterocycles. The average Bonchev–Trinajstić information content (AvgIpc) is 0. The molecule has 0 radical (unpaired) electrons. The molecule has 0 aliphatic rings. The van der Waals surface area contributed by atoms with E-state index in [1.165, 1.54) is 0 Å². The second-order valence-electron chi connectivity index (χ2n) is 0. The Morgan fingerprint density at radius 2 is 1.00 bits per heavy atom. The molecule has 0 N–H and O–H groups in total. The minimum absolute atomic E-state index is 0. The molecule has 0 saturated heterocycles. The molecule has 0 fully saturated rings. The van der Waals surface area contributed by atoms with Gasteiger partial charge in [-0.3, -0.25) is 0 Å². The molecular formula is CH7BCrFe. The third-order valence-corrected chi connectivity index (χ3v) is 0. The Bertz CT molecular complexity index is 8.00. The minimum Gasteiger partial charge on any atom is -0.0776 e. The molecule has 3 heteroatoms. The molecule has 0 spiro atoms. The first-order valence-electron chi connectivity index (χ1n) is 0. The van der Waals surface area contributed by atoms with Crippen molar-refractivity contribution in [3.05, 3.63) is 0 Å². The van der Waals surface area contributed by atoms with Gasteiger partial charge in [-0.2, -0.15) is 0 Å². The fourth-order valence-corrected chi connectivity index (χ4v) is 0. The van der Waals surface area contributed by atoms with Crippen molar-refractivity contribution in [2.75, 3.05) is 0 Å². The minimum atomic E-state index is 0. The van der Waals surface area contributed by atoms with Gasteiger partial charge in [0.15, 0.2) is 0 Å². The molecule has 0 rings (SSSR count). The summed E-state index contributed by atoms with van der Waals surface area (Å²) in [5, 5.41) is 0. The van der Waals surface area contributed by atoms with Crippen molar-refractivity contribution in [3.63, 3.8) is 0 Å². The predicted molar refractivity (Wildman–Crippen MR) is 16.7 cm³/mol. The van der Waals surface area contributed by atoms with Crippen LogP contribution in [0.15, 0.2) is 0 Å². The zero-order chi connectivity index (χ0) is 0. The summed E-state index contributed by atoms with van der Waals surface area (Å²) >= 11 is 0. The van der Waals surface area contributed by atoms with E-state index in [0.717, 1.165) is 0 Å². The molecule has 28 valence electrons. The van der Waals surface area contributed by atoms with E-state index in [4.69, 9.17) is 0 Å². The second kappa shape index (κ2) is 32.1. The van der Waals surface area contributed by atoms with Crippen LogP contribution < -0.4 is 0 Å². The van der Waals surface area contributed by atoms with E-state index in [0.29, 0.717) is 0 Å². The van der Waals surface area contributed by atoms with Crippen LogP contribution in [0.1, 0.15) is 7.43 Å². The zero-order valence-electron chi connectivity index (χ0n) is 0.762. The molecule has 0 atom stereocenters. The molecule has 0 aliphatic carbocycles. The molecule has 0 unspecified atom stereocenters. The fourth-order valence-electron chi connectivity index (χ4n) is 0. The van der Waals surface area contributed by atoms with Gasteiger partial charge in [-0.1, -0.05) is 7.43 Å². The summed E-state index contributed by atoms with van der Waals surface area (Å²) in [6.07, 6.45) is 0.